The molecule has 1 aliphatic carbocycles. The van der Waals surface area contributed by atoms with Crippen LogP contribution in [0.3, 0.4) is 0 Å². The van der Waals surface area contributed by atoms with Gasteiger partial charge in [-0.2, -0.15) is 0 Å². The summed E-state index contributed by atoms with van der Waals surface area (Å²) in [5.74, 6) is 2.41. The standard InChI is InChI=1S/C16H26ClN3/c1-4-6-8-13(7-5-2)18-15-11(3)14(17)19-16(20-15)12-9-10-12/h12-13H,4-10H2,1-3H3,(H,18,19,20). The summed E-state index contributed by atoms with van der Waals surface area (Å²) in [6, 6.07) is 0.497. The van der Waals surface area contributed by atoms with Crippen molar-refractivity contribution in [1.82, 2.24) is 9.97 Å². The van der Waals surface area contributed by atoms with Gasteiger partial charge in [-0.15, -0.1) is 0 Å². The smallest absolute Gasteiger partial charge is 0.137 e. The SMILES string of the molecule is CCCCC(CCC)Nc1nc(C2CC2)nc(Cl)c1C. The summed E-state index contributed by atoms with van der Waals surface area (Å²) in [5.41, 5.74) is 0.980. The zero-order chi connectivity index (χ0) is 14.5. The molecular formula is C16H26ClN3. The molecule has 1 aromatic rings. The zero-order valence-electron chi connectivity index (χ0n) is 12.9. The number of hydrogen-bond donors (Lipinski definition) is 1. The predicted molar refractivity (Wildman–Crippen MR) is 85.6 cm³/mol. The van der Waals surface area contributed by atoms with Crippen LogP contribution in [0.2, 0.25) is 5.15 Å². The number of aromatic nitrogens is 2. The van der Waals surface area contributed by atoms with Gasteiger partial charge in [0.2, 0.25) is 0 Å². The fraction of sp³-hybridized carbons (Fsp3) is 0.750. The summed E-state index contributed by atoms with van der Waals surface area (Å²) in [7, 11) is 0. The van der Waals surface area contributed by atoms with E-state index in [0.29, 0.717) is 17.1 Å². The van der Waals surface area contributed by atoms with E-state index in [0.717, 1.165) is 17.2 Å². The van der Waals surface area contributed by atoms with Gasteiger partial charge in [-0.1, -0.05) is 44.7 Å². The first-order valence-corrected chi connectivity index (χ1v) is 8.34. The number of unbranched alkanes of at least 4 members (excludes halogenated alkanes) is 1. The molecule has 1 N–H and O–H groups in total. The average molecular weight is 296 g/mol. The Morgan fingerprint density at radius 2 is 1.95 bits per heavy atom. The third-order valence-corrected chi connectivity index (χ3v) is 4.30. The summed E-state index contributed by atoms with van der Waals surface area (Å²) < 4.78 is 0. The fourth-order valence-electron chi connectivity index (χ4n) is 2.45. The van der Waals surface area contributed by atoms with Crippen LogP contribution in [0.4, 0.5) is 5.82 Å². The molecule has 20 heavy (non-hydrogen) atoms. The zero-order valence-corrected chi connectivity index (χ0v) is 13.6. The van der Waals surface area contributed by atoms with Crippen LogP contribution in [0.15, 0.2) is 0 Å². The molecule has 1 atom stereocenters. The van der Waals surface area contributed by atoms with Crippen LogP contribution in [0.1, 0.15) is 76.1 Å². The third kappa shape index (κ3) is 4.08. The highest BCUT2D eigenvalue weighted by Gasteiger charge is 2.28. The van der Waals surface area contributed by atoms with Gasteiger partial charge < -0.3 is 5.32 Å². The number of halogens is 1. The van der Waals surface area contributed by atoms with Crippen molar-refractivity contribution in [3.05, 3.63) is 16.5 Å². The maximum atomic E-state index is 6.26. The largest absolute Gasteiger partial charge is 0.367 e. The van der Waals surface area contributed by atoms with Crippen LogP contribution in [0, 0.1) is 6.92 Å². The summed E-state index contributed by atoms with van der Waals surface area (Å²) in [4.78, 5) is 9.14. The van der Waals surface area contributed by atoms with Crippen molar-refractivity contribution in [2.24, 2.45) is 0 Å². The van der Waals surface area contributed by atoms with E-state index >= 15 is 0 Å². The lowest BCUT2D eigenvalue weighted by molar-refractivity contribution is 0.562. The van der Waals surface area contributed by atoms with Gasteiger partial charge in [-0.05, 0) is 32.6 Å². The van der Waals surface area contributed by atoms with E-state index in [1.165, 1.54) is 44.9 Å². The first-order chi connectivity index (χ1) is 9.65. The highest BCUT2D eigenvalue weighted by atomic mass is 35.5. The predicted octanol–water partition coefficient (Wildman–Crippen LogP) is 5.09. The number of nitrogens with zero attached hydrogens (tertiary/aromatic N) is 2. The highest BCUT2D eigenvalue weighted by molar-refractivity contribution is 6.30. The molecule has 2 rings (SSSR count). The lowest BCUT2D eigenvalue weighted by atomic mass is 10.0. The molecule has 3 nitrogen and oxygen atoms in total. The minimum absolute atomic E-state index is 0.497. The molecule has 0 aromatic carbocycles. The normalized spacial score (nSPS) is 16.2. The first kappa shape index (κ1) is 15.6. The quantitative estimate of drug-likeness (QED) is 0.679. The van der Waals surface area contributed by atoms with Crippen molar-refractivity contribution in [3.8, 4) is 0 Å². The molecule has 1 aromatic heterocycles. The van der Waals surface area contributed by atoms with Crippen LogP contribution in [-0.2, 0) is 0 Å². The van der Waals surface area contributed by atoms with Gasteiger partial charge in [0.05, 0.1) is 0 Å². The molecule has 0 spiro atoms. The van der Waals surface area contributed by atoms with Crippen LogP contribution in [-0.4, -0.2) is 16.0 Å². The fourth-order valence-corrected chi connectivity index (χ4v) is 2.63. The van der Waals surface area contributed by atoms with Crippen molar-refractivity contribution < 1.29 is 0 Å². The number of nitrogens with one attached hydrogen (secondary N) is 1. The molecule has 1 fully saturated rings. The van der Waals surface area contributed by atoms with E-state index in [1.807, 2.05) is 6.92 Å². The molecule has 1 unspecified atom stereocenters. The van der Waals surface area contributed by atoms with Crippen LogP contribution < -0.4 is 5.32 Å². The second-order valence-electron chi connectivity index (χ2n) is 5.89. The van der Waals surface area contributed by atoms with Crippen molar-refractivity contribution in [3.63, 3.8) is 0 Å². The molecule has 1 heterocycles. The first-order valence-electron chi connectivity index (χ1n) is 7.96. The Morgan fingerprint density at radius 1 is 1.20 bits per heavy atom. The van der Waals surface area contributed by atoms with Gasteiger partial charge in [0.25, 0.3) is 0 Å². The molecule has 0 bridgehead atoms. The third-order valence-electron chi connectivity index (χ3n) is 3.93. The molecule has 0 aliphatic heterocycles. The van der Waals surface area contributed by atoms with E-state index in [9.17, 15) is 0 Å². The number of rotatable bonds is 8. The Bertz CT molecular complexity index is 444. The van der Waals surface area contributed by atoms with Gasteiger partial charge >= 0.3 is 0 Å². The molecule has 1 saturated carbocycles. The van der Waals surface area contributed by atoms with E-state index in [2.05, 4.69) is 24.1 Å². The van der Waals surface area contributed by atoms with E-state index in [4.69, 9.17) is 16.6 Å². The molecule has 1 aliphatic rings. The average Bonchev–Trinajstić information content (AvgIpc) is 3.25. The Labute approximate surface area is 127 Å². The Kier molecular flexibility index (Phi) is 5.64. The lowest BCUT2D eigenvalue weighted by Gasteiger charge is -2.20. The van der Waals surface area contributed by atoms with Gasteiger partial charge in [-0.25, -0.2) is 9.97 Å². The van der Waals surface area contributed by atoms with Gasteiger partial charge in [0.15, 0.2) is 0 Å². The Balaban J connectivity index is 2.12. The maximum absolute atomic E-state index is 6.26. The van der Waals surface area contributed by atoms with Crippen molar-refractivity contribution >= 4 is 17.4 Å². The molecular weight excluding hydrogens is 270 g/mol. The maximum Gasteiger partial charge on any atom is 0.137 e. The van der Waals surface area contributed by atoms with Crippen LogP contribution in [0.5, 0.6) is 0 Å². The Morgan fingerprint density at radius 3 is 2.55 bits per heavy atom. The number of hydrogen-bond acceptors (Lipinski definition) is 3. The van der Waals surface area contributed by atoms with Crippen molar-refractivity contribution in [2.75, 3.05) is 5.32 Å². The molecule has 0 radical (unpaired) electrons. The number of anilines is 1. The van der Waals surface area contributed by atoms with Crippen molar-refractivity contribution in [2.45, 2.75) is 77.7 Å². The lowest BCUT2D eigenvalue weighted by Crippen LogP contribution is -2.21. The van der Waals surface area contributed by atoms with E-state index in [-0.39, 0.29) is 0 Å². The van der Waals surface area contributed by atoms with Crippen LogP contribution >= 0.6 is 11.6 Å². The minimum atomic E-state index is 0.497. The summed E-state index contributed by atoms with van der Waals surface area (Å²) >= 11 is 6.26. The summed E-state index contributed by atoms with van der Waals surface area (Å²) in [6.07, 6.45) is 8.46. The molecule has 4 heteroatoms. The highest BCUT2D eigenvalue weighted by Crippen LogP contribution is 2.39. The molecule has 0 saturated heterocycles. The molecule has 0 amide bonds. The monoisotopic (exact) mass is 295 g/mol. The van der Waals surface area contributed by atoms with E-state index in [1.54, 1.807) is 0 Å². The van der Waals surface area contributed by atoms with E-state index < -0.39 is 0 Å². The minimum Gasteiger partial charge on any atom is -0.367 e. The summed E-state index contributed by atoms with van der Waals surface area (Å²) in [6.45, 7) is 6.47. The summed E-state index contributed by atoms with van der Waals surface area (Å²) in [5, 5.41) is 4.22. The van der Waals surface area contributed by atoms with Crippen LogP contribution in [0.25, 0.3) is 0 Å². The topological polar surface area (TPSA) is 37.8 Å². The van der Waals surface area contributed by atoms with Crippen molar-refractivity contribution in [1.29, 1.82) is 0 Å². The second-order valence-corrected chi connectivity index (χ2v) is 6.25. The molecule has 112 valence electrons. The second kappa shape index (κ2) is 7.26. The Hall–Kier alpha value is -0.830. The van der Waals surface area contributed by atoms with Gasteiger partial charge in [0.1, 0.15) is 16.8 Å². The van der Waals surface area contributed by atoms with Gasteiger partial charge in [-0.3, -0.25) is 0 Å². The van der Waals surface area contributed by atoms with Gasteiger partial charge in [0, 0.05) is 17.5 Å².